The molecule has 0 unspecified atom stereocenters. The Hall–Kier alpha value is -0.872. The molecular weight excluding hydrogens is 505 g/mol. The average Bonchev–Trinajstić information content (AvgIpc) is 2.62. The minimum Gasteiger partial charge on any atom is -0.462 e. The largest absolute Gasteiger partial charge is 0.469 e. The summed E-state index contributed by atoms with van der Waals surface area (Å²) in [5.74, 6) is -0.997. The second kappa shape index (κ2) is 14.0. The number of hydrogen-bond donors (Lipinski definition) is 1. The fourth-order valence-corrected chi connectivity index (χ4v) is 17.4. The molecule has 198 valence electrons. The van der Waals surface area contributed by atoms with Gasteiger partial charge in [-0.2, -0.15) is 0 Å². The van der Waals surface area contributed by atoms with Crippen LogP contribution in [0.3, 0.4) is 0 Å². The fraction of sp³-hybridized carbons (Fsp3) is 0.727. The zero-order valence-electron chi connectivity index (χ0n) is 23.0. The molecule has 1 N–H and O–H groups in total. The van der Waals surface area contributed by atoms with Crippen LogP contribution in [0.5, 0.6) is 0 Å². The minimum atomic E-state index is -2.95. The van der Waals surface area contributed by atoms with E-state index in [0.717, 1.165) is 0 Å². The Balaban J connectivity index is 5.23. The molecule has 0 spiro atoms. The molecule has 0 aromatic heterocycles. The Morgan fingerprint density at radius 3 is 1.35 bits per heavy atom. The van der Waals surface area contributed by atoms with Gasteiger partial charge in [-0.15, -0.1) is 0 Å². The Labute approximate surface area is 210 Å². The van der Waals surface area contributed by atoms with Gasteiger partial charge in [0.2, 0.25) is 0 Å². The van der Waals surface area contributed by atoms with Crippen molar-refractivity contribution >= 4 is 45.7 Å². The molecule has 8 nitrogen and oxygen atoms in total. The average molecular weight is 551 g/mol. The zero-order valence-corrected chi connectivity index (χ0v) is 27.0. The number of allylic oxidation sites excluding steroid dienone is 2. The first-order valence-corrected chi connectivity index (χ1v) is 23.9. The van der Waals surface area contributed by atoms with E-state index in [-0.39, 0.29) is 19.8 Å². The highest BCUT2D eigenvalue weighted by Gasteiger charge is 2.49. The molecule has 0 saturated carbocycles. The van der Waals surface area contributed by atoms with Crippen molar-refractivity contribution < 1.29 is 36.5 Å². The molecule has 0 rings (SSSR count). The molecule has 12 heteroatoms. The monoisotopic (exact) mass is 550 g/mol. The summed E-state index contributed by atoms with van der Waals surface area (Å²) < 4.78 is 30.2. The van der Waals surface area contributed by atoms with Crippen molar-refractivity contribution in [3.63, 3.8) is 0 Å². The molecule has 0 aromatic carbocycles. The lowest BCUT2D eigenvalue weighted by molar-refractivity contribution is -0.140. The summed E-state index contributed by atoms with van der Waals surface area (Å²) in [5.41, 5.74) is 0.694. The van der Waals surface area contributed by atoms with Gasteiger partial charge in [-0.3, -0.25) is 0 Å². The van der Waals surface area contributed by atoms with Gasteiger partial charge in [0.05, 0.1) is 13.2 Å². The van der Waals surface area contributed by atoms with E-state index in [1.807, 2.05) is 0 Å². The van der Waals surface area contributed by atoms with Crippen LogP contribution < -0.4 is 0 Å². The van der Waals surface area contributed by atoms with E-state index in [9.17, 15) is 9.59 Å². The molecule has 34 heavy (non-hydrogen) atoms. The van der Waals surface area contributed by atoms with Crippen molar-refractivity contribution in [2.75, 3.05) is 19.8 Å². The van der Waals surface area contributed by atoms with Crippen LogP contribution >= 0.6 is 0 Å². The minimum absolute atomic E-state index is 0.0657. The maximum atomic E-state index is 12.4. The fourth-order valence-electron chi connectivity index (χ4n) is 2.82. The quantitative estimate of drug-likeness (QED) is 0.102. The highest BCUT2D eigenvalue weighted by Crippen LogP contribution is 2.29. The van der Waals surface area contributed by atoms with Crippen molar-refractivity contribution in [2.24, 2.45) is 0 Å². The third kappa shape index (κ3) is 15.9. The predicted molar refractivity (Wildman–Crippen MR) is 145 cm³/mol. The first-order valence-electron chi connectivity index (χ1n) is 11.7. The van der Waals surface area contributed by atoms with Crippen LogP contribution in [0.15, 0.2) is 23.3 Å². The Morgan fingerprint density at radius 1 is 0.676 bits per heavy atom. The third-order valence-corrected chi connectivity index (χ3v) is 15.8. The lowest BCUT2D eigenvalue weighted by Gasteiger charge is -2.42. The molecule has 0 saturated heterocycles. The Morgan fingerprint density at radius 2 is 1.03 bits per heavy atom. The molecule has 0 atom stereocenters. The van der Waals surface area contributed by atoms with Gasteiger partial charge in [0.1, 0.15) is 6.61 Å². The molecule has 0 aliphatic heterocycles. The molecule has 0 bridgehead atoms. The van der Waals surface area contributed by atoms with E-state index in [1.54, 1.807) is 13.8 Å². The normalized spacial score (nSPS) is 14.2. The van der Waals surface area contributed by atoms with Crippen molar-refractivity contribution in [1.29, 1.82) is 0 Å². The standard InChI is InChI=1S/C22H46O8Si4/c1-19(13-14-20(2)22(25)27-17-15-23)21(24)26-16-12-18-34(28-31(3,4)5,29-32(6,7)8)30-33(9,10)11/h13-14,23H,12,15-18H2,1-11H3/b19-13+,20-14+. The van der Waals surface area contributed by atoms with E-state index >= 15 is 0 Å². The third-order valence-electron chi connectivity index (χ3n) is 3.80. The first kappa shape index (κ1) is 33.1. The number of carbonyl (C=O) groups excluding carboxylic acids is 2. The second-order valence-corrected chi connectivity index (χ2v) is 28.1. The van der Waals surface area contributed by atoms with E-state index < -0.39 is 45.7 Å². The molecule has 0 aliphatic carbocycles. The summed E-state index contributed by atoms with van der Waals surface area (Å²) >= 11 is 0. The molecule has 0 radical (unpaired) electrons. The maximum Gasteiger partial charge on any atom is 0.469 e. The summed E-state index contributed by atoms with van der Waals surface area (Å²) in [6, 6.07) is 0.595. The van der Waals surface area contributed by atoms with Crippen LogP contribution in [0.4, 0.5) is 0 Å². The molecule has 0 fully saturated rings. The van der Waals surface area contributed by atoms with Crippen molar-refractivity contribution in [3.05, 3.63) is 23.3 Å². The van der Waals surface area contributed by atoms with Crippen LogP contribution in [-0.2, 0) is 31.4 Å². The summed E-state index contributed by atoms with van der Waals surface area (Å²) in [7, 11) is -8.81. The van der Waals surface area contributed by atoms with E-state index in [0.29, 0.717) is 23.6 Å². The molecule has 0 aliphatic rings. The highest BCUT2D eigenvalue weighted by atomic mass is 28.5. The zero-order chi connectivity index (χ0) is 26.8. The topological polar surface area (TPSA) is 101 Å². The van der Waals surface area contributed by atoms with Crippen LogP contribution in [0.2, 0.25) is 65.0 Å². The van der Waals surface area contributed by atoms with E-state index in [2.05, 4.69) is 58.9 Å². The van der Waals surface area contributed by atoms with Crippen LogP contribution in [0.25, 0.3) is 0 Å². The van der Waals surface area contributed by atoms with Gasteiger partial charge in [-0.05, 0) is 79.2 Å². The lowest BCUT2D eigenvalue weighted by Crippen LogP contribution is -2.60. The first-order chi connectivity index (χ1) is 15.3. The van der Waals surface area contributed by atoms with Gasteiger partial charge in [0.25, 0.3) is 0 Å². The number of ether oxygens (including phenoxy) is 2. The number of esters is 2. The number of carbonyl (C=O) groups is 2. The van der Waals surface area contributed by atoms with Crippen LogP contribution in [0, 0.1) is 0 Å². The summed E-state index contributed by atoms with van der Waals surface area (Å²) in [6.07, 6.45) is 3.60. The molecule has 0 aromatic rings. The van der Waals surface area contributed by atoms with Gasteiger partial charge in [-0.25, -0.2) is 9.59 Å². The van der Waals surface area contributed by atoms with Gasteiger partial charge >= 0.3 is 20.7 Å². The second-order valence-electron chi connectivity index (χ2n) is 11.1. The van der Waals surface area contributed by atoms with Crippen LogP contribution in [0.1, 0.15) is 20.3 Å². The number of hydrogen-bond acceptors (Lipinski definition) is 8. The molecule has 0 amide bonds. The number of aliphatic hydroxyl groups excluding tert-OH is 1. The van der Waals surface area contributed by atoms with Crippen molar-refractivity contribution in [2.45, 2.75) is 85.2 Å². The highest BCUT2D eigenvalue weighted by molar-refractivity contribution is 6.90. The van der Waals surface area contributed by atoms with Gasteiger partial charge < -0.3 is 26.9 Å². The number of rotatable bonds is 15. The Bertz CT molecular complexity index is 690. The summed E-state index contributed by atoms with van der Waals surface area (Å²) in [5, 5.41) is 8.72. The van der Waals surface area contributed by atoms with Crippen molar-refractivity contribution in [3.8, 4) is 0 Å². The van der Waals surface area contributed by atoms with Gasteiger partial charge in [0.15, 0.2) is 25.0 Å². The smallest absolute Gasteiger partial charge is 0.462 e. The maximum absolute atomic E-state index is 12.4. The van der Waals surface area contributed by atoms with Gasteiger partial charge in [0, 0.05) is 17.2 Å². The SMILES string of the molecule is C/C(=C\C=C(/C)C(=O)OCCC[Si](O[Si](C)(C)C)(O[Si](C)(C)C)O[Si](C)(C)C)C(=O)OCCO. The summed E-state index contributed by atoms with van der Waals surface area (Å²) in [4.78, 5) is 24.1. The Kier molecular flexibility index (Phi) is 13.7. The van der Waals surface area contributed by atoms with Gasteiger partial charge in [-0.1, -0.05) is 12.2 Å². The van der Waals surface area contributed by atoms with E-state index in [4.69, 9.17) is 26.9 Å². The number of aliphatic hydroxyl groups is 1. The molecule has 0 heterocycles. The van der Waals surface area contributed by atoms with Crippen LogP contribution in [-0.4, -0.2) is 70.6 Å². The molecular formula is C22H46O8Si4. The predicted octanol–water partition coefficient (Wildman–Crippen LogP) is 4.84. The van der Waals surface area contributed by atoms with E-state index in [1.165, 1.54) is 12.2 Å². The summed E-state index contributed by atoms with van der Waals surface area (Å²) in [6.45, 7) is 22.4. The lowest BCUT2D eigenvalue weighted by atomic mass is 10.2. The van der Waals surface area contributed by atoms with Crippen molar-refractivity contribution in [1.82, 2.24) is 0 Å².